The number of anilines is 1. The van der Waals surface area contributed by atoms with E-state index in [0.29, 0.717) is 11.4 Å². The normalized spacial score (nSPS) is 16.6. The Kier molecular flexibility index (Phi) is 6.20. The van der Waals surface area contributed by atoms with E-state index in [0.717, 1.165) is 30.5 Å². The maximum Gasteiger partial charge on any atom is 0.409 e. The Balaban J connectivity index is 1.42. The first kappa shape index (κ1) is 22.3. The minimum Gasteiger partial charge on any atom is -0.450 e. The number of carbonyl (C=O) groups excluding carboxylic acids is 2. The molecule has 1 N–H and O–H groups in total. The Morgan fingerprint density at radius 2 is 1.78 bits per heavy atom. The Labute approximate surface area is 187 Å². The van der Waals surface area contributed by atoms with Gasteiger partial charge in [0.2, 0.25) is 10.0 Å². The van der Waals surface area contributed by atoms with Crippen LogP contribution in [0.4, 0.5) is 10.6 Å². The number of nitrogens with zero attached hydrogens (tertiary/aromatic N) is 4. The van der Waals surface area contributed by atoms with Crippen LogP contribution in [0.3, 0.4) is 0 Å². The molecule has 2 amide bonds. The molecule has 10 nitrogen and oxygen atoms in total. The molecule has 2 aliphatic rings. The Morgan fingerprint density at radius 3 is 2.44 bits per heavy atom. The molecule has 0 saturated carbocycles. The van der Waals surface area contributed by atoms with E-state index in [4.69, 9.17) is 4.74 Å². The second-order valence-corrected chi connectivity index (χ2v) is 9.76. The first-order valence-electron chi connectivity index (χ1n) is 10.7. The van der Waals surface area contributed by atoms with Crippen LogP contribution in [0.25, 0.3) is 0 Å². The van der Waals surface area contributed by atoms with E-state index in [9.17, 15) is 18.0 Å². The number of benzene rings is 1. The standard InChI is InChI=1S/C21H27N5O5S/c1-3-31-21(28)25-11-13-26(14-12-25)32(29,30)16-9-7-15(8-10-16)20(27)22-19-17-5-4-6-18(17)23-24(19)2/h7-10H,3-6,11-14H2,1-2H3,(H,22,27). The fourth-order valence-electron chi connectivity index (χ4n) is 4.11. The summed E-state index contributed by atoms with van der Waals surface area (Å²) in [5.74, 6) is 0.383. The lowest BCUT2D eigenvalue weighted by atomic mass is 10.2. The predicted molar refractivity (Wildman–Crippen MR) is 117 cm³/mol. The van der Waals surface area contributed by atoms with Crippen LogP contribution >= 0.6 is 0 Å². The third-order valence-electron chi connectivity index (χ3n) is 5.82. The number of rotatable bonds is 5. The highest BCUT2D eigenvalue weighted by molar-refractivity contribution is 7.89. The number of fused-ring (bicyclic) bond motifs is 1. The number of carbonyl (C=O) groups is 2. The zero-order valence-electron chi connectivity index (χ0n) is 18.2. The van der Waals surface area contributed by atoms with Crippen LogP contribution in [0.5, 0.6) is 0 Å². The van der Waals surface area contributed by atoms with Crippen LogP contribution in [0.1, 0.15) is 35.0 Å². The van der Waals surface area contributed by atoms with Gasteiger partial charge in [0.25, 0.3) is 5.91 Å². The smallest absolute Gasteiger partial charge is 0.409 e. The monoisotopic (exact) mass is 461 g/mol. The van der Waals surface area contributed by atoms with Crippen molar-refractivity contribution in [1.82, 2.24) is 19.0 Å². The van der Waals surface area contributed by atoms with Gasteiger partial charge in [-0.2, -0.15) is 9.40 Å². The van der Waals surface area contributed by atoms with Crippen molar-refractivity contribution in [3.63, 3.8) is 0 Å². The molecule has 0 unspecified atom stereocenters. The lowest BCUT2D eigenvalue weighted by Gasteiger charge is -2.33. The Hall–Kier alpha value is -2.92. The summed E-state index contributed by atoms with van der Waals surface area (Å²) in [4.78, 5) is 26.1. The SMILES string of the molecule is CCOC(=O)N1CCN(S(=O)(=O)c2ccc(C(=O)Nc3c4c(nn3C)CCC4)cc2)CC1. The number of ether oxygens (including phenoxy) is 1. The van der Waals surface area contributed by atoms with Crippen LogP contribution in [-0.2, 0) is 34.6 Å². The number of aromatic nitrogens is 2. The molecule has 1 saturated heterocycles. The summed E-state index contributed by atoms with van der Waals surface area (Å²) in [5.41, 5.74) is 2.46. The largest absolute Gasteiger partial charge is 0.450 e. The van der Waals surface area contributed by atoms with Crippen molar-refractivity contribution in [3.8, 4) is 0 Å². The number of hydrogen-bond acceptors (Lipinski definition) is 6. The van der Waals surface area contributed by atoms with Gasteiger partial charge in [-0.1, -0.05) is 0 Å². The summed E-state index contributed by atoms with van der Waals surface area (Å²) in [7, 11) is -1.92. The van der Waals surface area contributed by atoms with Gasteiger partial charge in [-0.25, -0.2) is 13.2 Å². The average Bonchev–Trinajstić information content (AvgIpc) is 3.36. The third kappa shape index (κ3) is 4.22. The number of amides is 2. The van der Waals surface area contributed by atoms with Crippen molar-refractivity contribution >= 4 is 27.8 Å². The Bertz CT molecular complexity index is 1120. The molecule has 2 aromatic rings. The average molecular weight is 462 g/mol. The molecule has 0 atom stereocenters. The molecule has 0 spiro atoms. The van der Waals surface area contributed by atoms with Crippen LogP contribution in [-0.4, -0.2) is 72.2 Å². The van der Waals surface area contributed by atoms with Crippen molar-refractivity contribution in [2.24, 2.45) is 7.05 Å². The maximum absolute atomic E-state index is 13.0. The molecular formula is C21H27N5O5S. The van der Waals surface area contributed by atoms with E-state index in [1.165, 1.54) is 33.5 Å². The quantitative estimate of drug-likeness (QED) is 0.724. The van der Waals surface area contributed by atoms with E-state index in [1.807, 2.05) is 0 Å². The van der Waals surface area contributed by atoms with Crippen molar-refractivity contribution in [1.29, 1.82) is 0 Å². The van der Waals surface area contributed by atoms with Gasteiger partial charge in [-0.15, -0.1) is 0 Å². The van der Waals surface area contributed by atoms with E-state index < -0.39 is 16.1 Å². The summed E-state index contributed by atoms with van der Waals surface area (Å²) in [6, 6.07) is 5.90. The number of hydrogen-bond donors (Lipinski definition) is 1. The van der Waals surface area contributed by atoms with Crippen molar-refractivity contribution in [3.05, 3.63) is 41.1 Å². The molecule has 11 heteroatoms. The number of piperazine rings is 1. The predicted octanol–water partition coefficient (Wildman–Crippen LogP) is 1.62. The molecular weight excluding hydrogens is 434 g/mol. The van der Waals surface area contributed by atoms with Crippen molar-refractivity contribution in [2.45, 2.75) is 31.1 Å². The van der Waals surface area contributed by atoms with Crippen LogP contribution < -0.4 is 5.32 Å². The first-order chi connectivity index (χ1) is 15.3. The fraction of sp³-hybridized carbons (Fsp3) is 0.476. The molecule has 1 aromatic heterocycles. The molecule has 1 aromatic carbocycles. The summed E-state index contributed by atoms with van der Waals surface area (Å²) in [6.45, 7) is 2.93. The zero-order valence-corrected chi connectivity index (χ0v) is 19.0. The summed E-state index contributed by atoms with van der Waals surface area (Å²) < 4.78 is 33.9. The summed E-state index contributed by atoms with van der Waals surface area (Å²) in [6.07, 6.45) is 2.40. The van der Waals surface area contributed by atoms with Crippen LogP contribution in [0.2, 0.25) is 0 Å². The number of nitrogens with one attached hydrogen (secondary N) is 1. The van der Waals surface area contributed by atoms with Gasteiger partial charge in [-0.05, 0) is 50.5 Å². The van der Waals surface area contributed by atoms with Crippen molar-refractivity contribution < 1.29 is 22.7 Å². The first-order valence-corrected chi connectivity index (χ1v) is 12.1. The summed E-state index contributed by atoms with van der Waals surface area (Å²) in [5, 5.41) is 7.35. The molecule has 0 radical (unpaired) electrons. The maximum atomic E-state index is 13.0. The van der Waals surface area contributed by atoms with Gasteiger partial charge in [0.05, 0.1) is 17.2 Å². The van der Waals surface area contributed by atoms with Crippen molar-refractivity contribution in [2.75, 3.05) is 38.1 Å². The highest BCUT2D eigenvalue weighted by Crippen LogP contribution is 2.28. The molecule has 4 rings (SSSR count). The van der Waals surface area contributed by atoms with E-state index in [-0.39, 0.29) is 43.6 Å². The highest BCUT2D eigenvalue weighted by Gasteiger charge is 2.31. The van der Waals surface area contributed by atoms with Gasteiger partial charge in [0, 0.05) is 44.4 Å². The zero-order chi connectivity index (χ0) is 22.9. The molecule has 1 fully saturated rings. The van der Waals surface area contributed by atoms with E-state index in [1.54, 1.807) is 18.7 Å². The minimum atomic E-state index is -3.72. The minimum absolute atomic E-state index is 0.111. The van der Waals surface area contributed by atoms with Crippen LogP contribution in [0.15, 0.2) is 29.2 Å². The van der Waals surface area contributed by atoms with Gasteiger partial charge in [0.1, 0.15) is 5.82 Å². The lowest BCUT2D eigenvalue weighted by Crippen LogP contribution is -2.50. The van der Waals surface area contributed by atoms with E-state index in [2.05, 4.69) is 10.4 Å². The van der Waals surface area contributed by atoms with Crippen LogP contribution in [0, 0.1) is 0 Å². The molecule has 172 valence electrons. The van der Waals surface area contributed by atoms with Gasteiger partial charge >= 0.3 is 6.09 Å². The second kappa shape index (κ2) is 8.91. The molecule has 1 aliphatic carbocycles. The molecule has 1 aliphatic heterocycles. The molecule has 0 bridgehead atoms. The van der Waals surface area contributed by atoms with Gasteiger partial charge in [0.15, 0.2) is 0 Å². The third-order valence-corrected chi connectivity index (χ3v) is 7.73. The van der Waals surface area contributed by atoms with Gasteiger partial charge in [-0.3, -0.25) is 9.48 Å². The highest BCUT2D eigenvalue weighted by atomic mass is 32.2. The van der Waals surface area contributed by atoms with E-state index >= 15 is 0 Å². The summed E-state index contributed by atoms with van der Waals surface area (Å²) >= 11 is 0. The molecule has 2 heterocycles. The van der Waals surface area contributed by atoms with Gasteiger partial charge < -0.3 is 15.0 Å². The Morgan fingerprint density at radius 1 is 1.09 bits per heavy atom. The molecule has 32 heavy (non-hydrogen) atoms. The number of aryl methyl sites for hydroxylation is 2. The fourth-order valence-corrected chi connectivity index (χ4v) is 5.53. The topological polar surface area (TPSA) is 114 Å². The lowest BCUT2D eigenvalue weighted by molar-refractivity contribution is 0.0933. The number of sulfonamides is 1. The second-order valence-electron chi connectivity index (χ2n) is 7.82.